The van der Waals surface area contributed by atoms with Gasteiger partial charge in [0.25, 0.3) is 0 Å². The van der Waals surface area contributed by atoms with Crippen LogP contribution in [0.3, 0.4) is 0 Å². The molecule has 0 amide bonds. The standard InChI is InChI=1S/C19H24N2O2/c1-22-18-9-5-8-17(14-21-12-10-20-11-13-21)19(18)23-15-16-6-3-2-4-7-16/h2-9,20H,10-15H2,1H3. The number of hydrogen-bond donors (Lipinski definition) is 1. The summed E-state index contributed by atoms with van der Waals surface area (Å²) in [5.41, 5.74) is 2.34. The van der Waals surface area contributed by atoms with Gasteiger partial charge in [-0.2, -0.15) is 0 Å². The molecule has 0 unspecified atom stereocenters. The van der Waals surface area contributed by atoms with Gasteiger partial charge in [-0.1, -0.05) is 42.5 Å². The Bertz CT molecular complexity index is 610. The monoisotopic (exact) mass is 312 g/mol. The maximum Gasteiger partial charge on any atom is 0.166 e. The molecule has 1 aliphatic heterocycles. The molecule has 0 aliphatic carbocycles. The van der Waals surface area contributed by atoms with Crippen LogP contribution in [0.1, 0.15) is 11.1 Å². The second kappa shape index (κ2) is 7.99. The molecule has 1 N–H and O–H groups in total. The van der Waals surface area contributed by atoms with Crippen molar-refractivity contribution in [1.82, 2.24) is 10.2 Å². The minimum Gasteiger partial charge on any atom is -0.493 e. The number of hydrogen-bond acceptors (Lipinski definition) is 4. The summed E-state index contributed by atoms with van der Waals surface area (Å²) >= 11 is 0. The average molecular weight is 312 g/mol. The van der Waals surface area contributed by atoms with Gasteiger partial charge in [-0.3, -0.25) is 4.90 Å². The Morgan fingerprint density at radius 1 is 1.00 bits per heavy atom. The lowest BCUT2D eigenvalue weighted by Gasteiger charge is -2.28. The zero-order valence-corrected chi connectivity index (χ0v) is 13.6. The van der Waals surface area contributed by atoms with Crippen LogP contribution in [-0.4, -0.2) is 38.2 Å². The molecule has 1 aliphatic rings. The van der Waals surface area contributed by atoms with Crippen molar-refractivity contribution in [1.29, 1.82) is 0 Å². The number of methoxy groups -OCH3 is 1. The van der Waals surface area contributed by atoms with Crippen LogP contribution in [0.4, 0.5) is 0 Å². The van der Waals surface area contributed by atoms with Gasteiger partial charge in [0.15, 0.2) is 11.5 Å². The Labute approximate surface area is 138 Å². The summed E-state index contributed by atoms with van der Waals surface area (Å²) in [6.45, 7) is 5.66. The van der Waals surface area contributed by atoms with Crippen LogP contribution in [0.15, 0.2) is 48.5 Å². The van der Waals surface area contributed by atoms with Crippen molar-refractivity contribution in [3.63, 3.8) is 0 Å². The first-order valence-corrected chi connectivity index (χ1v) is 8.12. The first-order chi connectivity index (χ1) is 11.4. The molecular formula is C19H24N2O2. The van der Waals surface area contributed by atoms with Crippen LogP contribution in [0.25, 0.3) is 0 Å². The Balaban J connectivity index is 1.75. The fourth-order valence-electron chi connectivity index (χ4n) is 2.85. The first kappa shape index (κ1) is 15.8. The van der Waals surface area contributed by atoms with Crippen LogP contribution >= 0.6 is 0 Å². The molecule has 1 fully saturated rings. The van der Waals surface area contributed by atoms with Gasteiger partial charge in [0.1, 0.15) is 6.61 Å². The van der Waals surface area contributed by atoms with E-state index in [-0.39, 0.29) is 0 Å². The third-order valence-electron chi connectivity index (χ3n) is 4.11. The average Bonchev–Trinajstić information content (AvgIpc) is 2.62. The Kier molecular flexibility index (Phi) is 5.51. The van der Waals surface area contributed by atoms with E-state index in [2.05, 4.69) is 28.4 Å². The van der Waals surface area contributed by atoms with E-state index in [0.717, 1.165) is 49.8 Å². The van der Waals surface area contributed by atoms with Crippen LogP contribution in [0, 0.1) is 0 Å². The molecule has 4 nitrogen and oxygen atoms in total. The third kappa shape index (κ3) is 4.24. The summed E-state index contributed by atoms with van der Waals surface area (Å²) in [6.07, 6.45) is 0. The molecule has 1 heterocycles. The fourth-order valence-corrected chi connectivity index (χ4v) is 2.85. The van der Waals surface area contributed by atoms with Crippen molar-refractivity contribution in [3.8, 4) is 11.5 Å². The van der Waals surface area contributed by atoms with Crippen molar-refractivity contribution in [2.24, 2.45) is 0 Å². The van der Waals surface area contributed by atoms with Gasteiger partial charge in [0.2, 0.25) is 0 Å². The molecule has 0 radical (unpaired) electrons. The number of ether oxygens (including phenoxy) is 2. The van der Waals surface area contributed by atoms with Crippen LogP contribution in [0.5, 0.6) is 11.5 Å². The molecule has 0 saturated carbocycles. The van der Waals surface area contributed by atoms with Crippen molar-refractivity contribution in [3.05, 3.63) is 59.7 Å². The van der Waals surface area contributed by atoms with Gasteiger partial charge in [0.05, 0.1) is 7.11 Å². The topological polar surface area (TPSA) is 33.7 Å². The molecule has 4 heteroatoms. The first-order valence-electron chi connectivity index (χ1n) is 8.12. The maximum atomic E-state index is 6.12. The number of nitrogens with zero attached hydrogens (tertiary/aromatic N) is 1. The van der Waals surface area contributed by atoms with Gasteiger partial charge in [-0.05, 0) is 11.6 Å². The van der Waals surface area contributed by atoms with E-state index in [1.54, 1.807) is 7.11 Å². The van der Waals surface area contributed by atoms with E-state index < -0.39 is 0 Å². The SMILES string of the molecule is COc1cccc(CN2CCNCC2)c1OCc1ccccc1. The summed E-state index contributed by atoms with van der Waals surface area (Å²) in [4.78, 5) is 2.45. The molecular weight excluding hydrogens is 288 g/mol. The predicted octanol–water partition coefficient (Wildman–Crippen LogP) is 2.68. The van der Waals surface area contributed by atoms with Gasteiger partial charge >= 0.3 is 0 Å². The Morgan fingerprint density at radius 2 is 1.78 bits per heavy atom. The number of nitrogens with one attached hydrogen (secondary N) is 1. The van der Waals surface area contributed by atoms with Crippen molar-refractivity contribution < 1.29 is 9.47 Å². The number of benzene rings is 2. The zero-order chi connectivity index (χ0) is 15.9. The molecule has 23 heavy (non-hydrogen) atoms. The van der Waals surface area contributed by atoms with E-state index in [0.29, 0.717) is 6.61 Å². The van der Waals surface area contributed by atoms with E-state index in [4.69, 9.17) is 9.47 Å². The normalized spacial score (nSPS) is 15.3. The number of rotatable bonds is 6. The molecule has 0 spiro atoms. The van der Waals surface area contributed by atoms with Gasteiger partial charge < -0.3 is 14.8 Å². The van der Waals surface area contributed by atoms with E-state index >= 15 is 0 Å². The highest BCUT2D eigenvalue weighted by Crippen LogP contribution is 2.32. The summed E-state index contributed by atoms with van der Waals surface area (Å²) in [5, 5.41) is 3.39. The summed E-state index contributed by atoms with van der Waals surface area (Å²) in [7, 11) is 1.69. The summed E-state index contributed by atoms with van der Waals surface area (Å²) < 4.78 is 11.6. The predicted molar refractivity (Wildman–Crippen MR) is 91.9 cm³/mol. The number of para-hydroxylation sites is 1. The highest BCUT2D eigenvalue weighted by atomic mass is 16.5. The molecule has 0 bridgehead atoms. The molecule has 0 atom stereocenters. The smallest absolute Gasteiger partial charge is 0.166 e. The molecule has 1 saturated heterocycles. The lowest BCUT2D eigenvalue weighted by atomic mass is 10.1. The van der Waals surface area contributed by atoms with Crippen LogP contribution in [-0.2, 0) is 13.2 Å². The fraction of sp³-hybridized carbons (Fsp3) is 0.368. The zero-order valence-electron chi connectivity index (χ0n) is 13.6. The number of piperazine rings is 1. The molecule has 0 aromatic heterocycles. The second-order valence-electron chi connectivity index (χ2n) is 5.75. The van der Waals surface area contributed by atoms with Gasteiger partial charge in [0, 0.05) is 38.3 Å². The molecule has 2 aromatic carbocycles. The molecule has 122 valence electrons. The van der Waals surface area contributed by atoms with E-state index in [1.807, 2.05) is 30.3 Å². The molecule has 2 aromatic rings. The summed E-state index contributed by atoms with van der Waals surface area (Å²) in [5.74, 6) is 1.66. The largest absolute Gasteiger partial charge is 0.493 e. The van der Waals surface area contributed by atoms with E-state index in [1.165, 1.54) is 5.56 Å². The highest BCUT2D eigenvalue weighted by molar-refractivity contribution is 5.46. The lowest BCUT2D eigenvalue weighted by molar-refractivity contribution is 0.223. The van der Waals surface area contributed by atoms with Crippen LogP contribution < -0.4 is 14.8 Å². The lowest BCUT2D eigenvalue weighted by Crippen LogP contribution is -2.42. The van der Waals surface area contributed by atoms with Gasteiger partial charge in [-0.15, -0.1) is 0 Å². The van der Waals surface area contributed by atoms with Crippen molar-refractivity contribution >= 4 is 0 Å². The quantitative estimate of drug-likeness (QED) is 0.889. The van der Waals surface area contributed by atoms with Crippen molar-refractivity contribution in [2.45, 2.75) is 13.2 Å². The van der Waals surface area contributed by atoms with Crippen molar-refractivity contribution in [2.75, 3.05) is 33.3 Å². The third-order valence-corrected chi connectivity index (χ3v) is 4.11. The highest BCUT2D eigenvalue weighted by Gasteiger charge is 2.16. The second-order valence-corrected chi connectivity index (χ2v) is 5.75. The molecule has 3 rings (SSSR count). The van der Waals surface area contributed by atoms with Crippen LogP contribution in [0.2, 0.25) is 0 Å². The van der Waals surface area contributed by atoms with Gasteiger partial charge in [-0.25, -0.2) is 0 Å². The maximum absolute atomic E-state index is 6.12. The minimum atomic E-state index is 0.551. The minimum absolute atomic E-state index is 0.551. The summed E-state index contributed by atoms with van der Waals surface area (Å²) in [6, 6.07) is 16.3. The Morgan fingerprint density at radius 3 is 2.52 bits per heavy atom. The van der Waals surface area contributed by atoms with E-state index in [9.17, 15) is 0 Å². The Hall–Kier alpha value is -2.04.